The van der Waals surface area contributed by atoms with Crippen LogP contribution in [-0.2, 0) is 0 Å². The van der Waals surface area contributed by atoms with Gasteiger partial charge < -0.3 is 8.97 Å². The van der Waals surface area contributed by atoms with Crippen LogP contribution in [0.5, 0.6) is 0 Å². The molecule has 4 heteroatoms. The third-order valence-corrected chi connectivity index (χ3v) is 8.21. The van der Waals surface area contributed by atoms with Crippen LogP contribution >= 0.6 is 0 Å². The van der Waals surface area contributed by atoms with Crippen molar-refractivity contribution in [3.8, 4) is 28.3 Å². The molecular weight excluding hydrogens is 585 g/mol. The number of fused-ring (bicyclic) bond motifs is 6. The molecule has 0 radical (unpaired) electrons. The van der Waals surface area contributed by atoms with Crippen molar-refractivity contribution >= 4 is 70.8 Å². The van der Waals surface area contributed by atoms with E-state index >= 15 is 0 Å². The molecule has 0 aliphatic heterocycles. The van der Waals surface area contributed by atoms with Crippen LogP contribution in [0.15, 0.2) is 157 Å². The van der Waals surface area contributed by atoms with Gasteiger partial charge >= 0.3 is 0 Å². The van der Waals surface area contributed by atoms with E-state index < -0.39 is 229 Å². The fourth-order valence-corrected chi connectivity index (χ4v) is 6.34. The predicted octanol–water partition coefficient (Wildman–Crippen LogP) is 11.2. The lowest BCUT2D eigenvalue weighted by atomic mass is 10.0. The fraction of sp³-hybridized carbons (Fsp3) is 0. The lowest BCUT2D eigenvalue weighted by molar-refractivity contribution is 1.17. The normalized spacial score (nSPS) is 19.8. The molecule has 0 N–H and O–H groups in total. The molecule has 11 rings (SSSR count). The lowest BCUT2D eigenvalue weighted by Crippen LogP contribution is -1.98. The van der Waals surface area contributed by atoms with E-state index in [2.05, 4.69) is 9.97 Å². The van der Waals surface area contributed by atoms with Gasteiger partial charge in [-0.3, -0.25) is 0 Å². The quantitative estimate of drug-likeness (QED) is 0.193. The van der Waals surface area contributed by atoms with Gasteiger partial charge in [0.05, 0.1) is 74.4 Å². The zero-order valence-corrected chi connectivity index (χ0v) is 23.8. The van der Waals surface area contributed by atoms with Crippen LogP contribution in [0.25, 0.3) is 99.1 Å². The highest BCUT2D eigenvalue weighted by molar-refractivity contribution is 6.31. The van der Waals surface area contributed by atoms with E-state index in [1.807, 2.05) is 0 Å². The van der Waals surface area contributed by atoms with E-state index in [1.165, 1.54) is 0 Å². The molecule has 7 aromatic carbocycles. The highest BCUT2D eigenvalue weighted by Gasteiger charge is 2.22. The molecule has 0 aliphatic carbocycles. The number of nitrogens with zero attached hydrogens (tertiary/aromatic N) is 4. The molecule has 0 saturated carbocycles. The van der Waals surface area contributed by atoms with Gasteiger partial charge in [-0.2, -0.15) is 0 Å². The molecule has 222 valence electrons. The molecule has 0 saturated heterocycles. The Hall–Kier alpha value is -6.52. The summed E-state index contributed by atoms with van der Waals surface area (Å²) in [5.74, 6) is -0.823. The number of rotatable bonds is 3. The monoisotopic (exact) mass is 636 g/mol. The smallest absolute Gasteiger partial charge is 0.160 e. The highest BCUT2D eigenvalue weighted by atomic mass is 15.0. The lowest BCUT2D eigenvalue weighted by Gasteiger charge is -2.12. The van der Waals surface area contributed by atoms with Gasteiger partial charge in [-0.15, -0.1) is 0 Å². The minimum atomic E-state index is -1.02. The van der Waals surface area contributed by atoms with Crippen LogP contribution in [0.3, 0.4) is 0 Å². The SMILES string of the molecule is [2H]c1c([2H])c([2H])c(-c2nc(-c3c([2H])c([2H])c([2H])c(-n4c5c([2H])c([2H])c([2H])c6c7c([2H])c([2H])c([2H])c8c9c([2H])c([2H])c([2H])c([2H])c9n(c9c([2H])c([2H])c([2H])c4c9c65)c78)c3[2H])nc3c([2H])c([2H])c([2H])c([2H])c23)c([2H])c1[2H]. The molecule has 0 bridgehead atoms. The van der Waals surface area contributed by atoms with Gasteiger partial charge in [0.2, 0.25) is 0 Å². The first-order chi connectivity index (χ1) is 34.6. The second-order valence-electron chi connectivity index (χ2n) is 10.6. The number of hydrogen-bond acceptors (Lipinski definition) is 2. The third-order valence-electron chi connectivity index (χ3n) is 8.21. The van der Waals surface area contributed by atoms with E-state index in [4.69, 9.17) is 19.2 Å². The van der Waals surface area contributed by atoms with Gasteiger partial charge in [0.1, 0.15) is 0 Å². The van der Waals surface area contributed by atoms with Crippen molar-refractivity contribution in [3.63, 3.8) is 0 Å². The molecule has 0 atom stereocenters. The summed E-state index contributed by atoms with van der Waals surface area (Å²) >= 11 is 0. The van der Waals surface area contributed by atoms with Gasteiger partial charge in [0.25, 0.3) is 0 Å². The molecular formula is C44H26N4. The first kappa shape index (κ1) is 11.3. The summed E-state index contributed by atoms with van der Waals surface area (Å²) in [6.07, 6.45) is 0. The van der Waals surface area contributed by atoms with Crippen LogP contribution in [0.1, 0.15) is 35.6 Å². The second-order valence-corrected chi connectivity index (χ2v) is 10.6. The van der Waals surface area contributed by atoms with Crippen molar-refractivity contribution in [2.75, 3.05) is 0 Å². The van der Waals surface area contributed by atoms with Gasteiger partial charge in [-0.25, -0.2) is 9.97 Å². The summed E-state index contributed by atoms with van der Waals surface area (Å²) in [7, 11) is 0. The van der Waals surface area contributed by atoms with Crippen molar-refractivity contribution in [2.24, 2.45) is 0 Å². The Morgan fingerprint density at radius 1 is 0.438 bits per heavy atom. The first-order valence-electron chi connectivity index (χ1n) is 27.2. The molecule has 4 nitrogen and oxygen atoms in total. The Balaban J connectivity index is 1.42. The fourth-order valence-electron chi connectivity index (χ4n) is 6.34. The first-order valence-corrected chi connectivity index (χ1v) is 14.2. The molecule has 0 spiro atoms. The van der Waals surface area contributed by atoms with Gasteiger partial charge in [-0.1, -0.05) is 115 Å². The molecule has 0 amide bonds. The Kier molecular flexibility index (Phi) is 2.24. The molecule has 0 fully saturated rings. The Morgan fingerprint density at radius 3 is 1.94 bits per heavy atom. The van der Waals surface area contributed by atoms with Crippen LogP contribution in [0.2, 0.25) is 0 Å². The van der Waals surface area contributed by atoms with Crippen molar-refractivity contribution in [1.82, 2.24) is 18.9 Å². The third kappa shape index (κ3) is 3.38. The maximum atomic E-state index is 9.91. The molecule has 0 aliphatic rings. The Labute approximate surface area is 311 Å². The van der Waals surface area contributed by atoms with Crippen molar-refractivity contribution in [1.29, 1.82) is 0 Å². The highest BCUT2D eigenvalue weighted by Crippen LogP contribution is 2.44. The van der Waals surface area contributed by atoms with E-state index in [0.717, 1.165) is 8.97 Å². The summed E-state index contributed by atoms with van der Waals surface area (Å²) in [5.41, 5.74) is -5.95. The number of hydrogen-bond donors (Lipinski definition) is 0. The summed E-state index contributed by atoms with van der Waals surface area (Å²) < 4.78 is 236. The van der Waals surface area contributed by atoms with Crippen molar-refractivity contribution in [2.45, 2.75) is 0 Å². The standard InChI is InChI=1S/C44H26N4/c1-2-12-27(13-3-1)42-34-17-4-6-21-35(34)45-44(46-42)28-14-8-15-29(26-28)47-37-23-10-18-31-33-20-9-19-32-30-16-5-7-22-36(30)48(43(32)33)39-25-11-24-38(47)41(39)40(31)37/h1-26H/i1D,2D,3D,4D,5D,6D,7D,8D,9D,10D,11D,12D,13D,14D,15D,16D,17D,18D,19D,20D,21D,22D,23D,24D,25D,26D. The summed E-state index contributed by atoms with van der Waals surface area (Å²) in [6, 6.07) is -22.0. The zero-order chi connectivity index (χ0) is 54.0. The maximum Gasteiger partial charge on any atom is 0.160 e. The van der Waals surface area contributed by atoms with Gasteiger partial charge in [0.15, 0.2) is 5.82 Å². The van der Waals surface area contributed by atoms with E-state index in [0.29, 0.717) is 0 Å². The van der Waals surface area contributed by atoms with E-state index in [1.54, 1.807) is 0 Å². The summed E-state index contributed by atoms with van der Waals surface area (Å²) in [4.78, 5) is 8.77. The average molecular weight is 637 g/mol. The number of aromatic nitrogens is 4. The predicted molar refractivity (Wildman–Crippen MR) is 199 cm³/mol. The molecule has 4 heterocycles. The van der Waals surface area contributed by atoms with E-state index in [9.17, 15) is 16.4 Å². The van der Waals surface area contributed by atoms with Crippen LogP contribution < -0.4 is 0 Å². The minimum absolute atomic E-state index is 0.308. The van der Waals surface area contributed by atoms with Crippen molar-refractivity contribution < 1.29 is 35.6 Å². The zero-order valence-electron chi connectivity index (χ0n) is 49.8. The second kappa shape index (κ2) is 9.50. The van der Waals surface area contributed by atoms with Crippen LogP contribution in [0, 0.1) is 0 Å². The molecule has 48 heavy (non-hydrogen) atoms. The molecule has 4 aromatic heterocycles. The number of para-hydroxylation sites is 3. The maximum absolute atomic E-state index is 9.91. The largest absolute Gasteiger partial charge is 0.309 e. The van der Waals surface area contributed by atoms with Crippen LogP contribution in [-0.4, -0.2) is 18.9 Å². The van der Waals surface area contributed by atoms with Gasteiger partial charge in [-0.05, 0) is 47.7 Å². The van der Waals surface area contributed by atoms with Crippen LogP contribution in [0.4, 0.5) is 0 Å². The average Bonchev–Trinajstić information content (AvgIpc) is 3.85. The Bertz CT molecular complexity index is 4530. The topological polar surface area (TPSA) is 35.1 Å². The minimum Gasteiger partial charge on any atom is -0.309 e. The molecule has 11 aromatic rings. The Morgan fingerprint density at radius 2 is 1.04 bits per heavy atom. The van der Waals surface area contributed by atoms with Gasteiger partial charge in [0, 0.05) is 49.1 Å². The summed E-state index contributed by atoms with van der Waals surface area (Å²) in [6.45, 7) is 0. The van der Waals surface area contributed by atoms with Crippen molar-refractivity contribution in [3.05, 3.63) is 157 Å². The van der Waals surface area contributed by atoms with E-state index in [-0.39, 0.29) is 27.1 Å². The molecule has 0 unspecified atom stereocenters. The number of benzene rings is 7. The summed E-state index contributed by atoms with van der Waals surface area (Å²) in [5, 5.41) is -2.82.